The van der Waals surface area contributed by atoms with Crippen LogP contribution in [0, 0.1) is 114 Å². The summed E-state index contributed by atoms with van der Waals surface area (Å²) in [5.74, 6) is 9.90. The Labute approximate surface area is 553 Å². The molecule has 6 N–H and O–H groups in total. The Hall–Kier alpha value is -6.07. The van der Waals surface area contributed by atoms with Gasteiger partial charge in [0.25, 0.3) is 0 Å². The van der Waals surface area contributed by atoms with Gasteiger partial charge >= 0.3 is 5.97 Å². The predicted molar refractivity (Wildman–Crippen MR) is 369 cm³/mol. The first-order chi connectivity index (χ1) is 45.2. The third kappa shape index (κ3) is 8.01. The van der Waals surface area contributed by atoms with Gasteiger partial charge < -0.3 is 31.1 Å². The van der Waals surface area contributed by atoms with Crippen LogP contribution in [0.15, 0.2) is 156 Å². The number of carbonyl (C=O) groups is 1. The summed E-state index contributed by atoms with van der Waals surface area (Å²) < 4.78 is 0. The first-order valence-electron chi connectivity index (χ1n) is 37.3. The molecule has 5 heterocycles. The number of aliphatic hydroxyl groups excluding tert-OH is 3. The van der Waals surface area contributed by atoms with Crippen molar-refractivity contribution in [2.75, 3.05) is 13.1 Å². The number of hydrogen-bond acceptors (Lipinski definition) is 6. The second-order valence-corrected chi connectivity index (χ2v) is 34.0. The molecule has 7 heteroatoms. The molecule has 484 valence electrons. The Kier molecular flexibility index (Phi) is 13.7. The summed E-state index contributed by atoms with van der Waals surface area (Å²) in [5.41, 5.74) is 8.63. The number of allylic oxidation sites excluding steroid dienone is 10. The first-order valence-corrected chi connectivity index (χ1v) is 37.3. The van der Waals surface area contributed by atoms with Gasteiger partial charge in [-0.1, -0.05) is 166 Å². The Morgan fingerprint density at radius 3 is 2.49 bits per heavy atom. The van der Waals surface area contributed by atoms with Crippen LogP contribution in [0.2, 0.25) is 0 Å². The monoisotopic (exact) mass is 1240 g/mol. The zero-order chi connectivity index (χ0) is 62.9. The molecule has 0 saturated heterocycles. The second kappa shape index (κ2) is 21.5. The van der Waals surface area contributed by atoms with Gasteiger partial charge in [-0.15, -0.1) is 5.92 Å². The lowest BCUT2D eigenvalue weighted by Crippen LogP contribution is -2.70. The highest BCUT2D eigenvalue weighted by Crippen LogP contribution is 2.89. The van der Waals surface area contributed by atoms with E-state index in [1.54, 1.807) is 5.57 Å². The molecule has 5 aliphatic heterocycles. The zero-order valence-electron chi connectivity index (χ0n) is 55.4. The molecule has 3 aromatic carbocycles. The molecule has 6 saturated carbocycles. The maximum atomic E-state index is 15.4. The third-order valence-electron chi connectivity index (χ3n) is 30.9. The number of aliphatic carboxylic acids is 1. The number of benzene rings is 3. The van der Waals surface area contributed by atoms with Gasteiger partial charge in [0, 0.05) is 52.5 Å². The largest absolute Gasteiger partial charge is 0.516 e. The molecule has 7 nitrogen and oxygen atoms in total. The Morgan fingerprint density at radius 1 is 0.796 bits per heavy atom. The highest BCUT2D eigenvalue weighted by molar-refractivity contribution is 5.79. The van der Waals surface area contributed by atoms with Crippen molar-refractivity contribution >= 4 is 23.2 Å². The summed E-state index contributed by atoms with van der Waals surface area (Å²) in [6.07, 6.45) is 44.7. The quantitative estimate of drug-likeness (QED) is 0.0874. The number of dihydropyridines is 1. The van der Waals surface area contributed by atoms with Crippen molar-refractivity contribution < 1.29 is 25.2 Å². The Bertz CT molecular complexity index is 4030. The van der Waals surface area contributed by atoms with Crippen LogP contribution in [0.5, 0.6) is 0 Å². The maximum Gasteiger partial charge on any atom is 0.307 e. The number of aliphatic hydroxyl groups is 3. The number of rotatable bonds is 4. The van der Waals surface area contributed by atoms with E-state index in [1.807, 2.05) is 0 Å². The number of carboxylic acid groups (broad SMARTS) is 1. The van der Waals surface area contributed by atoms with Crippen molar-refractivity contribution in [1.29, 1.82) is 0 Å². The molecule has 3 aromatic rings. The fourth-order valence-electron chi connectivity index (χ4n) is 27.6. The SMILES string of the molecule is CC12CC=CC34C=C5C6=c7ccccc7=CC5C(CCC1O)(C1=C5C3C#CCC3CCC7(C3)CC3C(C=CC8(C(O)CC53C8(C)CC1)C(C(=O)O)CCC(=CO)C(C1CCCCC1)CCCNC1=CC=C(CN1)c1cccc(c1)C6)C71CCC(Cc3ccccc3)C1)C42. The first kappa shape index (κ1) is 59.4. The third-order valence-corrected chi connectivity index (χ3v) is 30.9. The minimum atomic E-state index is -1.10. The van der Waals surface area contributed by atoms with E-state index < -0.39 is 51.2 Å². The standard InChI is InChI=1S/C86H100N2O5/c1-79-35-14-36-82-49-66-65-45-56-18-11-22-59(44-56)61-27-29-75(88-52-61)87-42-13-24-63(58-19-7-4-8-20-58)62(53-89)26-28-70(77(92)93)85-41-33-67-72-50-81(83(67)39-31-57(48-83)43-54-15-5-3-6-16-54)38-30-55(47-81)17-12-25-68(82)76-69(32-37-80(85,2)86(72,76)51-74(85)91)84(78(79)82,40-34-73(79)90)71(66)46-60-21-9-10-23-64(60)65/h3,5-6,9-11,14-16,18,21-23,27,29,33,36,41,44,46,49,53,55,57-58,63,67-68,70-74,78,87-91H,4,7-8,13,17,19-20,24,26,28,30-32,34-35,37-40,42-43,45,47-48,50-52H2,1-2H3,(H,92,93). The number of fused-ring (bicyclic) bond motifs is 5. The lowest BCUT2D eigenvalue weighted by molar-refractivity contribution is -0.174. The fourth-order valence-corrected chi connectivity index (χ4v) is 27.6. The molecule has 0 aromatic heterocycles. The zero-order valence-corrected chi connectivity index (χ0v) is 55.4. The van der Waals surface area contributed by atoms with Gasteiger partial charge in [-0.3, -0.25) is 4.79 Å². The van der Waals surface area contributed by atoms with E-state index in [2.05, 4.69) is 164 Å². The molecule has 19 unspecified atom stereocenters. The second-order valence-electron chi connectivity index (χ2n) is 34.0. The van der Waals surface area contributed by atoms with Crippen LogP contribution < -0.4 is 21.1 Å². The molecule has 6 fully saturated rings. The van der Waals surface area contributed by atoms with Gasteiger partial charge in [0.2, 0.25) is 0 Å². The molecule has 21 rings (SSSR count). The molecule has 0 radical (unpaired) electrons. The highest BCUT2D eigenvalue weighted by atomic mass is 16.4. The van der Waals surface area contributed by atoms with Crippen LogP contribution in [-0.2, 0) is 17.6 Å². The average molecular weight is 1240 g/mol. The molecule has 18 aliphatic rings. The summed E-state index contributed by atoms with van der Waals surface area (Å²) in [6, 6.07) is 29.9. The predicted octanol–water partition coefficient (Wildman–Crippen LogP) is 15.4. The van der Waals surface area contributed by atoms with E-state index in [0.717, 1.165) is 108 Å². The molecule has 18 bridgehead atoms. The summed E-state index contributed by atoms with van der Waals surface area (Å²) >= 11 is 0. The fraction of sp³-hybridized carbons (Fsp3) is 0.570. The van der Waals surface area contributed by atoms with E-state index in [1.165, 1.54) is 113 Å². The lowest BCUT2D eigenvalue weighted by Gasteiger charge is -2.74. The lowest BCUT2D eigenvalue weighted by atomic mass is 9.28. The smallest absolute Gasteiger partial charge is 0.307 e. The van der Waals surface area contributed by atoms with Gasteiger partial charge in [0.15, 0.2) is 0 Å². The Morgan fingerprint density at radius 2 is 1.66 bits per heavy atom. The molecule has 0 amide bonds. The van der Waals surface area contributed by atoms with Gasteiger partial charge in [-0.2, -0.15) is 0 Å². The molecule has 19 atom stereocenters. The van der Waals surface area contributed by atoms with Gasteiger partial charge in [0.1, 0.15) is 0 Å². The normalized spacial score (nSPS) is 44.3. The van der Waals surface area contributed by atoms with Crippen LogP contribution in [0.25, 0.3) is 17.2 Å². The molecule has 13 aliphatic carbocycles. The highest BCUT2D eigenvalue weighted by Gasteiger charge is 2.84. The van der Waals surface area contributed by atoms with E-state index in [-0.39, 0.29) is 51.8 Å². The van der Waals surface area contributed by atoms with Crippen molar-refractivity contribution in [1.82, 2.24) is 10.6 Å². The van der Waals surface area contributed by atoms with Crippen LogP contribution >= 0.6 is 0 Å². The van der Waals surface area contributed by atoms with E-state index in [0.29, 0.717) is 37.0 Å². The van der Waals surface area contributed by atoms with Crippen LogP contribution in [-0.4, -0.2) is 51.7 Å². The van der Waals surface area contributed by atoms with E-state index in [4.69, 9.17) is 0 Å². The van der Waals surface area contributed by atoms with Crippen LogP contribution in [0.3, 0.4) is 0 Å². The topological polar surface area (TPSA) is 122 Å². The van der Waals surface area contributed by atoms with Crippen LogP contribution in [0.1, 0.15) is 178 Å². The molecule has 5 spiro atoms. The average Bonchev–Trinajstić information content (AvgIpc) is 1.60. The minimum absolute atomic E-state index is 0.0294. The van der Waals surface area contributed by atoms with Gasteiger partial charge in [-0.05, 0) is 254 Å². The van der Waals surface area contributed by atoms with Gasteiger partial charge in [0.05, 0.1) is 36.1 Å². The summed E-state index contributed by atoms with van der Waals surface area (Å²) in [6.45, 7) is 6.56. The van der Waals surface area contributed by atoms with Crippen molar-refractivity contribution in [2.45, 2.75) is 187 Å². The van der Waals surface area contributed by atoms with Gasteiger partial charge in [-0.25, -0.2) is 0 Å². The van der Waals surface area contributed by atoms with E-state index in [9.17, 15) is 20.4 Å². The number of carboxylic acids is 1. The van der Waals surface area contributed by atoms with Crippen LogP contribution in [0.4, 0.5) is 0 Å². The summed E-state index contributed by atoms with van der Waals surface area (Å²) in [5, 5.41) is 62.1. The van der Waals surface area contributed by atoms with Crippen molar-refractivity contribution in [3.8, 4) is 11.8 Å². The Balaban J connectivity index is 0.905. The summed E-state index contributed by atoms with van der Waals surface area (Å²) in [7, 11) is 0. The van der Waals surface area contributed by atoms with Crippen molar-refractivity contribution in [2.24, 2.45) is 102 Å². The molecular formula is C86H100N2O5. The molecule has 93 heavy (non-hydrogen) atoms. The number of nitrogens with one attached hydrogen (secondary N) is 2. The van der Waals surface area contributed by atoms with E-state index >= 15 is 4.79 Å². The molecular weight excluding hydrogens is 1140 g/mol. The number of hydrogen-bond donors (Lipinski definition) is 6. The minimum Gasteiger partial charge on any atom is -0.516 e. The maximum absolute atomic E-state index is 15.4. The van der Waals surface area contributed by atoms with Crippen molar-refractivity contribution in [3.05, 3.63) is 183 Å². The van der Waals surface area contributed by atoms with Crippen molar-refractivity contribution in [3.63, 3.8) is 0 Å². The summed E-state index contributed by atoms with van der Waals surface area (Å²) in [4.78, 5) is 15.4.